The van der Waals surface area contributed by atoms with Crippen LogP contribution < -0.4 is 11.1 Å². The number of anilines is 1. The smallest absolute Gasteiger partial charge is 0.244 e. The molecule has 0 aromatic carbocycles. The van der Waals surface area contributed by atoms with Crippen LogP contribution >= 0.6 is 0 Å². The van der Waals surface area contributed by atoms with Crippen LogP contribution in [0.15, 0.2) is 12.3 Å². The zero-order valence-electron chi connectivity index (χ0n) is 10.6. The Morgan fingerprint density at radius 1 is 1.58 bits per heavy atom. The zero-order chi connectivity index (χ0) is 13.4. The van der Waals surface area contributed by atoms with Crippen molar-refractivity contribution in [3.05, 3.63) is 12.3 Å². The maximum absolute atomic E-state index is 12.3. The molecule has 102 valence electrons. The summed E-state index contributed by atoms with van der Waals surface area (Å²) >= 11 is 0. The first-order chi connectivity index (χ1) is 9.15. The Balaban J connectivity index is 1.70. The van der Waals surface area contributed by atoms with Crippen molar-refractivity contribution in [2.24, 2.45) is 5.92 Å². The number of nitrogen functional groups attached to an aromatic ring is 1. The fraction of sp³-hybridized carbons (Fsp3) is 0.583. The molecule has 3 heterocycles. The van der Waals surface area contributed by atoms with E-state index in [0.29, 0.717) is 18.9 Å². The van der Waals surface area contributed by atoms with E-state index in [1.165, 1.54) is 4.68 Å². The second-order valence-corrected chi connectivity index (χ2v) is 5.09. The van der Waals surface area contributed by atoms with Gasteiger partial charge in [0.15, 0.2) is 0 Å². The van der Waals surface area contributed by atoms with E-state index < -0.39 is 0 Å². The number of likely N-dealkylation sites (tertiary alicyclic amines) is 1. The lowest BCUT2D eigenvalue weighted by Gasteiger charge is -2.35. The van der Waals surface area contributed by atoms with Gasteiger partial charge in [-0.05, 0) is 18.9 Å². The minimum atomic E-state index is -0.0413. The van der Waals surface area contributed by atoms with E-state index in [-0.39, 0.29) is 30.3 Å². The molecule has 0 spiro atoms. The Hall–Kier alpha value is -2.05. The Morgan fingerprint density at radius 3 is 3.16 bits per heavy atom. The molecule has 1 aromatic heterocycles. The Labute approximate surface area is 110 Å². The van der Waals surface area contributed by atoms with Gasteiger partial charge in [-0.2, -0.15) is 5.10 Å². The normalized spacial score (nSPS) is 26.1. The van der Waals surface area contributed by atoms with Crippen molar-refractivity contribution in [2.45, 2.75) is 25.4 Å². The highest BCUT2D eigenvalue weighted by Crippen LogP contribution is 2.27. The van der Waals surface area contributed by atoms with Crippen LogP contribution in [-0.2, 0) is 16.1 Å². The van der Waals surface area contributed by atoms with Crippen LogP contribution in [0.2, 0.25) is 0 Å². The third-order valence-corrected chi connectivity index (χ3v) is 3.88. The van der Waals surface area contributed by atoms with E-state index >= 15 is 0 Å². The lowest BCUT2D eigenvalue weighted by atomic mass is 9.91. The first kappa shape index (κ1) is 12.0. The molecule has 0 aliphatic carbocycles. The summed E-state index contributed by atoms with van der Waals surface area (Å²) in [5.74, 6) is 0.433. The van der Waals surface area contributed by atoms with Gasteiger partial charge in [0.1, 0.15) is 12.4 Å². The molecule has 2 amide bonds. The number of fused-ring (bicyclic) bond motifs is 1. The highest BCUT2D eigenvalue weighted by Gasteiger charge is 2.42. The molecule has 0 radical (unpaired) electrons. The predicted molar refractivity (Wildman–Crippen MR) is 67.9 cm³/mol. The molecule has 1 aromatic rings. The maximum Gasteiger partial charge on any atom is 0.244 e. The summed E-state index contributed by atoms with van der Waals surface area (Å²) < 4.78 is 1.53. The van der Waals surface area contributed by atoms with E-state index in [1.54, 1.807) is 12.3 Å². The summed E-state index contributed by atoms with van der Waals surface area (Å²) in [6, 6.07) is 1.66. The van der Waals surface area contributed by atoms with Crippen LogP contribution in [0.4, 0.5) is 5.82 Å². The van der Waals surface area contributed by atoms with Crippen LogP contribution in [0.25, 0.3) is 0 Å². The number of carbonyl (C=O) groups excluding carboxylic acids is 2. The third kappa shape index (κ3) is 2.16. The van der Waals surface area contributed by atoms with Crippen molar-refractivity contribution < 1.29 is 9.59 Å². The fourth-order valence-electron chi connectivity index (χ4n) is 2.96. The summed E-state index contributed by atoms with van der Waals surface area (Å²) in [6.07, 6.45) is 3.43. The second kappa shape index (κ2) is 4.56. The molecule has 2 fully saturated rings. The quantitative estimate of drug-likeness (QED) is 0.730. The van der Waals surface area contributed by atoms with Crippen LogP contribution in [0.1, 0.15) is 12.8 Å². The highest BCUT2D eigenvalue weighted by molar-refractivity contribution is 5.84. The summed E-state index contributed by atoms with van der Waals surface area (Å²) in [6.45, 7) is 1.46. The molecule has 2 unspecified atom stereocenters. The Morgan fingerprint density at radius 2 is 2.42 bits per heavy atom. The van der Waals surface area contributed by atoms with Crippen molar-refractivity contribution in [3.63, 3.8) is 0 Å². The molecule has 3 rings (SSSR count). The summed E-state index contributed by atoms with van der Waals surface area (Å²) in [4.78, 5) is 25.8. The van der Waals surface area contributed by atoms with E-state index in [9.17, 15) is 9.59 Å². The number of hydrogen-bond donors (Lipinski definition) is 2. The molecular weight excluding hydrogens is 246 g/mol. The number of nitrogens with one attached hydrogen (secondary N) is 1. The van der Waals surface area contributed by atoms with Crippen molar-refractivity contribution >= 4 is 17.6 Å². The van der Waals surface area contributed by atoms with Crippen molar-refractivity contribution in [1.82, 2.24) is 20.0 Å². The summed E-state index contributed by atoms with van der Waals surface area (Å²) in [7, 11) is 0. The van der Waals surface area contributed by atoms with Crippen LogP contribution in [-0.4, -0.2) is 45.6 Å². The Bertz CT molecular complexity index is 512. The number of carbonyl (C=O) groups is 2. The van der Waals surface area contributed by atoms with E-state index in [0.717, 1.165) is 12.8 Å². The van der Waals surface area contributed by atoms with Gasteiger partial charge in [0.05, 0.1) is 12.0 Å². The van der Waals surface area contributed by atoms with Gasteiger partial charge in [0.25, 0.3) is 0 Å². The SMILES string of the molecule is Nc1ccn(CC(=O)N2CCCC3C(=O)NCC32)n1. The number of piperidine rings is 1. The average molecular weight is 263 g/mol. The minimum absolute atomic E-state index is 0.00154. The van der Waals surface area contributed by atoms with Crippen LogP contribution in [0.5, 0.6) is 0 Å². The first-order valence-electron chi connectivity index (χ1n) is 6.51. The number of hydrogen-bond acceptors (Lipinski definition) is 4. The van der Waals surface area contributed by atoms with Crippen LogP contribution in [0.3, 0.4) is 0 Å². The fourth-order valence-corrected chi connectivity index (χ4v) is 2.96. The summed E-state index contributed by atoms with van der Waals surface area (Å²) in [5.41, 5.74) is 5.52. The van der Waals surface area contributed by atoms with E-state index in [4.69, 9.17) is 5.73 Å². The molecule has 0 saturated carbocycles. The average Bonchev–Trinajstić information content (AvgIpc) is 2.96. The van der Waals surface area contributed by atoms with Gasteiger partial charge >= 0.3 is 0 Å². The van der Waals surface area contributed by atoms with Crippen molar-refractivity contribution in [3.8, 4) is 0 Å². The molecule has 0 bridgehead atoms. The molecule has 3 N–H and O–H groups in total. The monoisotopic (exact) mass is 263 g/mol. The predicted octanol–water partition coefficient (Wildman–Crippen LogP) is -0.798. The van der Waals surface area contributed by atoms with Gasteiger partial charge < -0.3 is 16.0 Å². The van der Waals surface area contributed by atoms with Crippen LogP contribution in [0, 0.1) is 5.92 Å². The molecular formula is C12H17N5O2. The number of rotatable bonds is 2. The molecule has 2 aliphatic rings. The van der Waals surface area contributed by atoms with E-state index in [2.05, 4.69) is 10.4 Å². The van der Waals surface area contributed by atoms with Gasteiger partial charge in [-0.15, -0.1) is 0 Å². The van der Waals surface area contributed by atoms with Crippen molar-refractivity contribution in [1.29, 1.82) is 0 Å². The summed E-state index contributed by atoms with van der Waals surface area (Å²) in [5, 5.41) is 6.85. The Kier molecular flexibility index (Phi) is 2.88. The molecule has 7 nitrogen and oxygen atoms in total. The highest BCUT2D eigenvalue weighted by atomic mass is 16.2. The standard InChI is InChI=1S/C12H17N5O2/c13-10-3-5-16(15-10)7-11(18)17-4-1-2-8-9(17)6-14-12(8)19/h3,5,8-9H,1-2,4,6-7H2,(H2,13,15)(H,14,19). The topological polar surface area (TPSA) is 93.2 Å². The molecule has 2 atom stereocenters. The molecule has 7 heteroatoms. The van der Waals surface area contributed by atoms with Gasteiger partial charge in [0.2, 0.25) is 11.8 Å². The lowest BCUT2D eigenvalue weighted by Crippen LogP contribution is -2.49. The van der Waals surface area contributed by atoms with Gasteiger partial charge in [-0.1, -0.05) is 0 Å². The first-order valence-corrected chi connectivity index (χ1v) is 6.51. The number of nitrogens with two attached hydrogens (primary N) is 1. The third-order valence-electron chi connectivity index (χ3n) is 3.88. The van der Waals surface area contributed by atoms with Gasteiger partial charge in [-0.25, -0.2) is 0 Å². The van der Waals surface area contributed by atoms with Gasteiger partial charge in [0, 0.05) is 19.3 Å². The lowest BCUT2D eigenvalue weighted by molar-refractivity contribution is -0.137. The second-order valence-electron chi connectivity index (χ2n) is 5.09. The molecule has 2 saturated heterocycles. The number of nitrogens with zero attached hydrogens (tertiary/aromatic N) is 3. The van der Waals surface area contributed by atoms with Gasteiger partial charge in [-0.3, -0.25) is 14.3 Å². The molecule has 19 heavy (non-hydrogen) atoms. The number of amides is 2. The maximum atomic E-state index is 12.3. The molecule has 2 aliphatic heterocycles. The zero-order valence-corrected chi connectivity index (χ0v) is 10.6. The van der Waals surface area contributed by atoms with E-state index in [1.807, 2.05) is 4.90 Å². The largest absolute Gasteiger partial charge is 0.382 e. The number of aromatic nitrogens is 2. The minimum Gasteiger partial charge on any atom is -0.382 e. The van der Waals surface area contributed by atoms with Crippen molar-refractivity contribution in [2.75, 3.05) is 18.8 Å².